The van der Waals surface area contributed by atoms with Crippen molar-refractivity contribution < 1.29 is 19.1 Å². The highest BCUT2D eigenvalue weighted by molar-refractivity contribution is 5.93. The summed E-state index contributed by atoms with van der Waals surface area (Å²) in [5.74, 6) is -0.683. The molecule has 2 N–H and O–H groups in total. The first-order chi connectivity index (χ1) is 13.1. The average Bonchev–Trinajstić information content (AvgIpc) is 3.08. The number of allylic oxidation sites excluding steroid dienone is 2. The maximum Gasteiger partial charge on any atom is 0.271 e. The van der Waals surface area contributed by atoms with Gasteiger partial charge in [-0.1, -0.05) is 37.6 Å². The minimum Gasteiger partial charge on any atom is -0.372 e. The molecule has 1 heterocycles. The van der Waals surface area contributed by atoms with Crippen LogP contribution >= 0.6 is 0 Å². The Morgan fingerprint density at radius 1 is 1.41 bits per heavy atom. The molecule has 0 saturated heterocycles. The molecule has 0 unspecified atom stereocenters. The minimum absolute atomic E-state index is 0.0539. The maximum atomic E-state index is 12.4. The van der Waals surface area contributed by atoms with Crippen LogP contribution in [0.2, 0.25) is 0 Å². The Balaban J connectivity index is 1.97. The van der Waals surface area contributed by atoms with E-state index in [0.29, 0.717) is 12.9 Å². The number of hydrogen-bond donors (Lipinski definition) is 2. The Hall–Kier alpha value is -2.74. The van der Waals surface area contributed by atoms with E-state index in [0.717, 1.165) is 25.7 Å². The summed E-state index contributed by atoms with van der Waals surface area (Å²) in [6, 6.07) is 1.27. The van der Waals surface area contributed by atoms with E-state index in [9.17, 15) is 14.4 Å². The average molecular weight is 374 g/mol. The molecule has 27 heavy (non-hydrogen) atoms. The Morgan fingerprint density at radius 2 is 2.19 bits per heavy atom. The van der Waals surface area contributed by atoms with Gasteiger partial charge < -0.3 is 15.4 Å². The van der Waals surface area contributed by atoms with E-state index >= 15 is 0 Å². The summed E-state index contributed by atoms with van der Waals surface area (Å²) in [4.78, 5) is 35.3. The van der Waals surface area contributed by atoms with Crippen molar-refractivity contribution in [3.63, 3.8) is 0 Å². The summed E-state index contributed by atoms with van der Waals surface area (Å²) in [5.41, 5.74) is 0.273. The molecule has 0 spiro atoms. The molecule has 8 heteroatoms. The first-order valence-electron chi connectivity index (χ1n) is 9.02. The first kappa shape index (κ1) is 20.6. The van der Waals surface area contributed by atoms with E-state index in [1.54, 1.807) is 6.08 Å². The second kappa shape index (κ2) is 10.4. The smallest absolute Gasteiger partial charge is 0.271 e. The van der Waals surface area contributed by atoms with Gasteiger partial charge >= 0.3 is 0 Å². The maximum absolute atomic E-state index is 12.4. The normalized spacial score (nSPS) is 19.6. The molecule has 8 nitrogen and oxygen atoms in total. The summed E-state index contributed by atoms with van der Waals surface area (Å²) >= 11 is 0. The molecule has 0 aliphatic heterocycles. The zero-order chi connectivity index (χ0) is 19.6. The van der Waals surface area contributed by atoms with Crippen LogP contribution in [0, 0.1) is 0 Å². The topological polar surface area (TPSA) is 102 Å². The van der Waals surface area contributed by atoms with Gasteiger partial charge in [0, 0.05) is 7.05 Å². The Labute approximate surface area is 158 Å². The second-order valence-electron chi connectivity index (χ2n) is 6.30. The highest BCUT2D eigenvalue weighted by Crippen LogP contribution is 2.21. The van der Waals surface area contributed by atoms with Gasteiger partial charge in [0.05, 0.1) is 18.8 Å². The lowest BCUT2D eigenvalue weighted by atomic mass is 9.92. The lowest BCUT2D eigenvalue weighted by molar-refractivity contribution is -0.124. The monoisotopic (exact) mass is 374 g/mol. The van der Waals surface area contributed by atoms with Crippen molar-refractivity contribution in [1.29, 1.82) is 0 Å². The number of rotatable bonds is 9. The third-order valence-corrected chi connectivity index (χ3v) is 4.41. The number of aromatic nitrogens is 2. The fourth-order valence-corrected chi connectivity index (χ4v) is 3.07. The van der Waals surface area contributed by atoms with E-state index in [-0.39, 0.29) is 36.0 Å². The number of hydrogen-bond acceptors (Lipinski definition) is 5. The molecule has 146 valence electrons. The predicted octanol–water partition coefficient (Wildman–Crippen LogP) is 1.24. The molecule has 0 aromatic carbocycles. The van der Waals surface area contributed by atoms with E-state index in [1.165, 1.54) is 17.8 Å². The van der Waals surface area contributed by atoms with Gasteiger partial charge in [-0.05, 0) is 18.9 Å². The Bertz CT molecular complexity index is 711. The number of nitrogens with one attached hydrogen (secondary N) is 2. The van der Waals surface area contributed by atoms with Crippen molar-refractivity contribution in [2.75, 3.05) is 13.7 Å². The number of ether oxygens (including phenoxy) is 1. The molecule has 1 fully saturated rings. The molecule has 0 radical (unpaired) electrons. The fraction of sp³-hybridized carbons (Fsp3) is 0.474. The van der Waals surface area contributed by atoms with Crippen molar-refractivity contribution in [3.05, 3.63) is 42.3 Å². The van der Waals surface area contributed by atoms with Crippen LogP contribution in [0.4, 0.5) is 0 Å². The van der Waals surface area contributed by atoms with E-state index in [1.807, 2.05) is 12.2 Å². The molecule has 1 aliphatic rings. The molecular weight excluding hydrogens is 348 g/mol. The van der Waals surface area contributed by atoms with Crippen molar-refractivity contribution in [1.82, 2.24) is 20.4 Å². The van der Waals surface area contributed by atoms with Crippen LogP contribution in [-0.2, 0) is 16.1 Å². The molecular formula is C19H26N4O4. The van der Waals surface area contributed by atoms with Crippen molar-refractivity contribution in [3.8, 4) is 0 Å². The largest absolute Gasteiger partial charge is 0.372 e. The third kappa shape index (κ3) is 5.89. The van der Waals surface area contributed by atoms with Crippen molar-refractivity contribution >= 4 is 18.1 Å². The van der Waals surface area contributed by atoms with Crippen LogP contribution in [0.15, 0.2) is 30.9 Å². The zero-order valence-corrected chi connectivity index (χ0v) is 15.5. The molecule has 0 bridgehead atoms. The molecule has 2 rings (SSSR count). The standard InChI is InChI=1S/C19H26N4O4/c1-3-4-7-10-27-17-9-6-5-8-15(17)21-18(25)12-23-14(13-24)11-16(22-23)19(26)20-2/h3-4,7,11,13,15,17H,1,5-6,8-10,12H2,2H3,(H,20,26)(H,21,25)/b7-4+/t15-,17-/m0/s1. The van der Waals surface area contributed by atoms with Crippen LogP contribution in [-0.4, -0.2) is 53.7 Å². The van der Waals surface area contributed by atoms with E-state index in [4.69, 9.17) is 4.74 Å². The SMILES string of the molecule is C=C/C=C/CO[C@H]1CCCC[C@@H]1NC(=O)Cn1nc(C(=O)NC)cc1C=O. The summed E-state index contributed by atoms with van der Waals surface area (Å²) in [6.07, 6.45) is 9.71. The van der Waals surface area contributed by atoms with Crippen LogP contribution < -0.4 is 10.6 Å². The van der Waals surface area contributed by atoms with Gasteiger partial charge in [0.1, 0.15) is 12.2 Å². The van der Waals surface area contributed by atoms with Crippen molar-refractivity contribution in [2.24, 2.45) is 0 Å². The van der Waals surface area contributed by atoms with Crippen LogP contribution in [0.3, 0.4) is 0 Å². The number of carbonyl (C=O) groups is 3. The molecule has 2 atom stereocenters. The molecule has 2 amide bonds. The van der Waals surface area contributed by atoms with Crippen LogP contribution in [0.1, 0.15) is 46.7 Å². The lowest BCUT2D eigenvalue weighted by Gasteiger charge is -2.31. The lowest BCUT2D eigenvalue weighted by Crippen LogP contribution is -2.47. The van der Waals surface area contributed by atoms with Gasteiger partial charge in [-0.2, -0.15) is 5.10 Å². The molecule has 1 aromatic heterocycles. The summed E-state index contributed by atoms with van der Waals surface area (Å²) in [7, 11) is 1.47. The van der Waals surface area contributed by atoms with Gasteiger partial charge in [-0.3, -0.25) is 19.1 Å². The summed E-state index contributed by atoms with van der Waals surface area (Å²) in [5, 5.41) is 9.45. The molecule has 1 saturated carbocycles. The Morgan fingerprint density at radius 3 is 2.89 bits per heavy atom. The number of amides is 2. The van der Waals surface area contributed by atoms with E-state index in [2.05, 4.69) is 22.3 Å². The van der Waals surface area contributed by atoms with Gasteiger partial charge in [0.25, 0.3) is 5.91 Å². The first-order valence-corrected chi connectivity index (χ1v) is 9.02. The van der Waals surface area contributed by atoms with E-state index < -0.39 is 5.91 Å². The molecule has 1 aromatic rings. The second-order valence-corrected chi connectivity index (χ2v) is 6.30. The van der Waals surface area contributed by atoms with Gasteiger partial charge in [0.2, 0.25) is 5.91 Å². The van der Waals surface area contributed by atoms with Gasteiger partial charge in [-0.25, -0.2) is 0 Å². The molecule has 1 aliphatic carbocycles. The van der Waals surface area contributed by atoms with Gasteiger partial charge in [0.15, 0.2) is 12.0 Å². The summed E-state index contributed by atoms with van der Waals surface area (Å²) < 4.78 is 7.10. The number of aldehydes is 1. The Kier molecular flexibility index (Phi) is 7.94. The van der Waals surface area contributed by atoms with Crippen LogP contribution in [0.25, 0.3) is 0 Å². The quantitative estimate of drug-likeness (QED) is 0.500. The highest BCUT2D eigenvalue weighted by Gasteiger charge is 2.27. The highest BCUT2D eigenvalue weighted by atomic mass is 16.5. The fourth-order valence-electron chi connectivity index (χ4n) is 3.07. The number of nitrogens with zero attached hydrogens (tertiary/aromatic N) is 2. The third-order valence-electron chi connectivity index (χ3n) is 4.41. The predicted molar refractivity (Wildman–Crippen MR) is 100 cm³/mol. The minimum atomic E-state index is -0.411. The van der Waals surface area contributed by atoms with Gasteiger partial charge in [-0.15, -0.1) is 0 Å². The summed E-state index contributed by atoms with van der Waals surface area (Å²) in [6.45, 7) is 3.94. The van der Waals surface area contributed by atoms with Crippen LogP contribution in [0.5, 0.6) is 0 Å². The van der Waals surface area contributed by atoms with Crippen molar-refractivity contribution in [2.45, 2.75) is 44.4 Å². The number of carbonyl (C=O) groups excluding carboxylic acids is 3. The zero-order valence-electron chi connectivity index (χ0n) is 15.5.